The van der Waals surface area contributed by atoms with E-state index in [4.69, 9.17) is 11.6 Å². The second kappa shape index (κ2) is 8.77. The molecule has 8 heteroatoms. The molecule has 1 heterocycles. The lowest BCUT2D eigenvalue weighted by molar-refractivity contribution is -0.154. The van der Waals surface area contributed by atoms with E-state index in [9.17, 15) is 19.2 Å². The molecule has 6 nitrogen and oxygen atoms in total. The largest absolute Gasteiger partial charge is 0.292 e. The maximum Gasteiger partial charge on any atom is 0.273 e. The highest BCUT2D eigenvalue weighted by molar-refractivity contribution is 9.10. The first-order chi connectivity index (χ1) is 14.9. The third-order valence-electron chi connectivity index (χ3n) is 5.51. The van der Waals surface area contributed by atoms with Crippen LogP contribution >= 0.6 is 27.5 Å². The monoisotopic (exact) mass is 500 g/mol. The quantitative estimate of drug-likeness (QED) is 0.348. The van der Waals surface area contributed by atoms with Gasteiger partial charge in [0.05, 0.1) is 11.8 Å². The molecule has 1 fully saturated rings. The number of hydrogen-bond donors (Lipinski definition) is 0. The fourth-order valence-corrected chi connectivity index (χ4v) is 4.25. The second-order valence-corrected chi connectivity index (χ2v) is 8.80. The van der Waals surface area contributed by atoms with Crippen LogP contribution in [0.1, 0.15) is 33.6 Å². The molecule has 158 valence electrons. The van der Waals surface area contributed by atoms with Crippen molar-refractivity contribution < 1.29 is 19.2 Å². The van der Waals surface area contributed by atoms with Crippen LogP contribution in [0.4, 0.5) is 0 Å². The zero-order valence-corrected chi connectivity index (χ0v) is 18.7. The van der Waals surface area contributed by atoms with Crippen LogP contribution in [0.3, 0.4) is 0 Å². The second-order valence-electron chi connectivity index (χ2n) is 7.44. The Balaban J connectivity index is 1.68. The lowest BCUT2D eigenvalue weighted by atomic mass is 9.85. The molecule has 3 amide bonds. The van der Waals surface area contributed by atoms with Crippen molar-refractivity contribution in [3.8, 4) is 0 Å². The minimum atomic E-state index is -0.615. The van der Waals surface area contributed by atoms with Crippen LogP contribution < -0.4 is 0 Å². The first kappa shape index (κ1) is 21.5. The Kier molecular flexibility index (Phi) is 6.07. The minimum absolute atomic E-state index is 0.224. The molecule has 4 rings (SSSR count). The third kappa shape index (κ3) is 4.20. The van der Waals surface area contributed by atoms with Crippen molar-refractivity contribution in [3.63, 3.8) is 0 Å². The molecule has 1 aliphatic heterocycles. The lowest BCUT2D eigenvalue weighted by Gasteiger charge is -2.30. The van der Waals surface area contributed by atoms with Crippen LogP contribution in [-0.4, -0.2) is 40.1 Å². The van der Waals surface area contributed by atoms with Crippen LogP contribution in [0.2, 0.25) is 5.02 Å². The third-order valence-corrected chi connectivity index (χ3v) is 6.29. The van der Waals surface area contributed by atoms with Crippen molar-refractivity contribution in [2.75, 3.05) is 6.54 Å². The summed E-state index contributed by atoms with van der Waals surface area (Å²) >= 11 is 9.24. The Bertz CT molecular complexity index is 1060. The van der Waals surface area contributed by atoms with Gasteiger partial charge in [0.15, 0.2) is 5.78 Å². The number of fused-ring (bicyclic) bond motifs is 1. The predicted octanol–water partition coefficient (Wildman–Crippen LogP) is 4.29. The van der Waals surface area contributed by atoms with Crippen LogP contribution in [0, 0.1) is 11.8 Å². The van der Waals surface area contributed by atoms with E-state index in [1.165, 1.54) is 12.1 Å². The smallest absolute Gasteiger partial charge is 0.273 e. The summed E-state index contributed by atoms with van der Waals surface area (Å²) in [5, 5.41) is 2.28. The molecule has 0 bridgehead atoms. The SMILES string of the molecule is O=C(CN(C(=O)c1ccc(Cl)cc1)N1C(=O)[C@@H]2CC=CC[C@H]2C1=O)c1ccc(Br)cc1. The Morgan fingerprint density at radius 2 is 1.42 bits per heavy atom. The number of allylic oxidation sites excluding steroid dienone is 2. The van der Waals surface area contributed by atoms with Gasteiger partial charge in [-0.2, -0.15) is 5.01 Å². The summed E-state index contributed by atoms with van der Waals surface area (Å²) in [6, 6.07) is 12.8. The van der Waals surface area contributed by atoms with Crippen molar-refractivity contribution >= 4 is 51.0 Å². The van der Waals surface area contributed by atoms with Gasteiger partial charge in [-0.25, -0.2) is 5.01 Å². The molecule has 1 saturated heterocycles. The van der Waals surface area contributed by atoms with Gasteiger partial charge in [-0.15, -0.1) is 0 Å². The van der Waals surface area contributed by atoms with E-state index in [-0.39, 0.29) is 11.3 Å². The highest BCUT2D eigenvalue weighted by Crippen LogP contribution is 2.36. The van der Waals surface area contributed by atoms with E-state index < -0.39 is 36.1 Å². The molecule has 0 radical (unpaired) electrons. The first-order valence-corrected chi connectivity index (χ1v) is 10.9. The summed E-state index contributed by atoms with van der Waals surface area (Å²) in [7, 11) is 0. The van der Waals surface area contributed by atoms with Crippen LogP contribution in [0.25, 0.3) is 0 Å². The van der Waals surface area contributed by atoms with Crippen LogP contribution in [0.15, 0.2) is 65.2 Å². The number of imide groups is 1. The summed E-state index contributed by atoms with van der Waals surface area (Å²) in [6.07, 6.45) is 4.62. The molecule has 1 aliphatic carbocycles. The standard InChI is InChI=1S/C23H18BrClN2O4/c24-16-9-5-14(6-10-16)20(28)13-26(21(29)15-7-11-17(25)12-8-15)27-22(30)18-3-1-2-4-19(18)23(27)31/h1-2,5-12,18-19H,3-4,13H2/t18-,19-/m1/s1. The van der Waals surface area contributed by atoms with Gasteiger partial charge in [-0.05, 0) is 49.2 Å². The number of nitrogens with zero attached hydrogens (tertiary/aromatic N) is 2. The molecule has 0 saturated carbocycles. The van der Waals surface area contributed by atoms with Gasteiger partial charge in [-0.1, -0.05) is 51.8 Å². The highest BCUT2D eigenvalue weighted by atomic mass is 79.9. The van der Waals surface area contributed by atoms with Crippen molar-refractivity contribution in [1.82, 2.24) is 10.0 Å². The normalized spacial score (nSPS) is 20.0. The van der Waals surface area contributed by atoms with Crippen molar-refractivity contribution in [1.29, 1.82) is 0 Å². The topological polar surface area (TPSA) is 74.8 Å². The summed E-state index contributed by atoms with van der Waals surface area (Å²) in [6.45, 7) is -0.437. The van der Waals surface area contributed by atoms with Gasteiger partial charge in [-0.3, -0.25) is 19.2 Å². The van der Waals surface area contributed by atoms with Crippen LogP contribution in [0.5, 0.6) is 0 Å². The van der Waals surface area contributed by atoms with Gasteiger partial charge in [0.2, 0.25) is 0 Å². The van der Waals surface area contributed by atoms with Crippen molar-refractivity contribution in [2.45, 2.75) is 12.8 Å². The molecule has 31 heavy (non-hydrogen) atoms. The molecule has 2 aromatic rings. The van der Waals surface area contributed by atoms with Gasteiger partial charge >= 0.3 is 0 Å². The van der Waals surface area contributed by atoms with Crippen molar-refractivity contribution in [3.05, 3.63) is 81.3 Å². The highest BCUT2D eigenvalue weighted by Gasteiger charge is 2.51. The maximum absolute atomic E-state index is 13.3. The van der Waals surface area contributed by atoms with E-state index in [0.717, 1.165) is 14.5 Å². The molecule has 0 unspecified atom stereocenters. The summed E-state index contributed by atoms with van der Waals surface area (Å²) in [4.78, 5) is 52.4. The fourth-order valence-electron chi connectivity index (χ4n) is 3.86. The number of Topliss-reactive ketones (excluding diaryl/α,β-unsaturated/α-hetero) is 1. The maximum atomic E-state index is 13.3. The molecule has 2 aromatic carbocycles. The fraction of sp³-hybridized carbons (Fsp3) is 0.217. The predicted molar refractivity (Wildman–Crippen MR) is 118 cm³/mol. The van der Waals surface area contributed by atoms with E-state index >= 15 is 0 Å². The number of carbonyl (C=O) groups is 4. The average molecular weight is 502 g/mol. The van der Waals surface area contributed by atoms with Crippen molar-refractivity contribution in [2.24, 2.45) is 11.8 Å². The number of rotatable bonds is 5. The number of halogens is 2. The molecule has 0 spiro atoms. The van der Waals surface area contributed by atoms with E-state index in [1.807, 2.05) is 12.2 Å². The number of ketones is 1. The van der Waals surface area contributed by atoms with E-state index in [1.54, 1.807) is 36.4 Å². The lowest BCUT2D eigenvalue weighted by Crippen LogP contribution is -2.52. The Morgan fingerprint density at radius 3 is 1.97 bits per heavy atom. The Labute approximate surface area is 192 Å². The minimum Gasteiger partial charge on any atom is -0.292 e. The molecular weight excluding hydrogens is 484 g/mol. The van der Waals surface area contributed by atoms with Gasteiger partial charge in [0, 0.05) is 20.6 Å². The number of carbonyl (C=O) groups excluding carboxylic acids is 4. The number of benzene rings is 2. The molecular formula is C23H18BrClN2O4. The van der Waals surface area contributed by atoms with Gasteiger partial charge < -0.3 is 0 Å². The number of hydrazine groups is 1. The molecule has 2 aliphatic rings. The van der Waals surface area contributed by atoms with Crippen LogP contribution in [-0.2, 0) is 9.59 Å². The molecule has 0 aromatic heterocycles. The number of amides is 3. The van der Waals surface area contributed by atoms with E-state index in [2.05, 4.69) is 15.9 Å². The summed E-state index contributed by atoms with van der Waals surface area (Å²) < 4.78 is 0.805. The Hall–Kier alpha value is -2.77. The van der Waals surface area contributed by atoms with Gasteiger partial charge in [0.25, 0.3) is 17.7 Å². The zero-order valence-electron chi connectivity index (χ0n) is 16.3. The summed E-state index contributed by atoms with van der Waals surface area (Å²) in [5.74, 6) is -2.93. The Morgan fingerprint density at radius 1 is 0.903 bits per heavy atom. The number of hydrogen-bond acceptors (Lipinski definition) is 4. The summed E-state index contributed by atoms with van der Waals surface area (Å²) in [5.41, 5.74) is 0.594. The average Bonchev–Trinajstić information content (AvgIpc) is 3.03. The first-order valence-electron chi connectivity index (χ1n) is 9.75. The molecule has 2 atom stereocenters. The van der Waals surface area contributed by atoms with E-state index in [0.29, 0.717) is 23.4 Å². The van der Waals surface area contributed by atoms with Gasteiger partial charge in [0.1, 0.15) is 6.54 Å². The zero-order chi connectivity index (χ0) is 22.1. The molecule has 0 N–H and O–H groups in total.